The zero-order chi connectivity index (χ0) is 14.9. The van der Waals surface area contributed by atoms with E-state index >= 15 is 0 Å². The van der Waals surface area contributed by atoms with Crippen LogP contribution in [-0.4, -0.2) is 49.8 Å². The van der Waals surface area contributed by atoms with Crippen molar-refractivity contribution in [2.24, 2.45) is 0 Å². The summed E-state index contributed by atoms with van der Waals surface area (Å²) >= 11 is 1.92. The maximum Gasteiger partial charge on any atom is 0.330 e. The summed E-state index contributed by atoms with van der Waals surface area (Å²) in [5.41, 5.74) is -1.13. The molecule has 2 heterocycles. The van der Waals surface area contributed by atoms with E-state index < -0.39 is 42.4 Å². The van der Waals surface area contributed by atoms with E-state index in [1.165, 1.54) is 12.3 Å². The van der Waals surface area contributed by atoms with Gasteiger partial charge in [-0.15, -0.1) is 0 Å². The van der Waals surface area contributed by atoms with Crippen molar-refractivity contribution >= 4 is 28.7 Å². The van der Waals surface area contributed by atoms with Crippen LogP contribution in [0.2, 0.25) is 0 Å². The highest BCUT2D eigenvalue weighted by atomic mass is 125. The van der Waals surface area contributed by atoms with Crippen LogP contribution in [0.25, 0.3) is 6.08 Å². The van der Waals surface area contributed by atoms with E-state index in [1.54, 1.807) is 4.08 Å². The third-order valence-corrected chi connectivity index (χ3v) is 3.39. The van der Waals surface area contributed by atoms with Gasteiger partial charge in [0.05, 0.1) is 12.2 Å². The molecule has 0 unspecified atom stereocenters. The molecule has 1 saturated heterocycles. The lowest BCUT2D eigenvalue weighted by Gasteiger charge is -2.17. The van der Waals surface area contributed by atoms with E-state index in [0.29, 0.717) is 0 Å². The number of aromatic nitrogens is 2. The van der Waals surface area contributed by atoms with Gasteiger partial charge in [-0.05, 0) is 10.2 Å². The highest BCUT2D eigenvalue weighted by Gasteiger charge is 2.43. The first-order valence-electron chi connectivity index (χ1n) is 5.74. The van der Waals surface area contributed by atoms with Crippen molar-refractivity contribution in [1.29, 1.82) is 0 Å². The fourth-order valence-corrected chi connectivity index (χ4v) is 2.37. The average Bonchev–Trinajstić information content (AvgIpc) is 2.70. The van der Waals surface area contributed by atoms with Gasteiger partial charge in [-0.25, -0.2) is 4.79 Å². The van der Waals surface area contributed by atoms with Gasteiger partial charge in [0.1, 0.15) is 18.3 Å². The van der Waals surface area contributed by atoms with Crippen molar-refractivity contribution in [1.82, 2.24) is 9.55 Å². The summed E-state index contributed by atoms with van der Waals surface area (Å²) in [5, 5.41) is 28.6. The molecule has 0 spiro atoms. The molecule has 1 aromatic rings. The number of H-pyrrole nitrogens is 1. The molecule has 0 radical (unpaired) electrons. The van der Waals surface area contributed by atoms with Gasteiger partial charge in [0.25, 0.3) is 5.56 Å². The molecule has 4 N–H and O–H groups in total. The minimum absolute atomic E-state index is 0.205. The minimum atomic E-state index is -1.38. The first kappa shape index (κ1) is 15.4. The zero-order valence-electron chi connectivity index (χ0n) is 10.1. The topological polar surface area (TPSA) is 125 Å². The van der Waals surface area contributed by atoms with Crippen LogP contribution in [0.5, 0.6) is 0 Å². The smallest absolute Gasteiger partial charge is 0.330 e. The van der Waals surface area contributed by atoms with Gasteiger partial charge >= 0.3 is 5.69 Å². The lowest BCUT2D eigenvalue weighted by atomic mass is 10.1. The first-order valence-corrected chi connectivity index (χ1v) is 6.99. The van der Waals surface area contributed by atoms with Crippen molar-refractivity contribution < 1.29 is 20.1 Å². The Hall–Kier alpha value is -1.01. The number of aliphatic hydroxyl groups excluding tert-OH is 3. The number of hydrogen-bond donors (Lipinski definition) is 4. The molecule has 0 bridgehead atoms. The van der Waals surface area contributed by atoms with E-state index in [0.717, 1.165) is 4.57 Å². The van der Waals surface area contributed by atoms with E-state index in [9.17, 15) is 19.8 Å². The lowest BCUT2D eigenvalue weighted by molar-refractivity contribution is -0.0550. The first-order chi connectivity index (χ1) is 9.49. The molecule has 1 aliphatic rings. The summed E-state index contributed by atoms with van der Waals surface area (Å²) in [6.45, 7) is -0.493. The molecule has 0 aliphatic carbocycles. The molecule has 0 aromatic carbocycles. The van der Waals surface area contributed by atoms with E-state index in [4.69, 9.17) is 9.84 Å². The van der Waals surface area contributed by atoms with Crippen LogP contribution in [-0.2, 0) is 4.74 Å². The largest absolute Gasteiger partial charge is 0.394 e. The number of nitrogens with zero attached hydrogens (tertiary/aromatic N) is 1. The van der Waals surface area contributed by atoms with Crippen molar-refractivity contribution in [3.8, 4) is 0 Å². The van der Waals surface area contributed by atoms with Crippen molar-refractivity contribution in [3.05, 3.63) is 36.7 Å². The maximum absolute atomic E-state index is 11.8. The van der Waals surface area contributed by atoms with Crippen molar-refractivity contribution in [2.75, 3.05) is 6.61 Å². The molecule has 110 valence electrons. The van der Waals surface area contributed by atoms with Crippen LogP contribution < -0.4 is 11.2 Å². The van der Waals surface area contributed by atoms with E-state index in [1.807, 2.05) is 22.6 Å². The normalized spacial score (nSPS) is 30.2. The number of aliphatic hydroxyl groups is 3. The van der Waals surface area contributed by atoms with Gasteiger partial charge in [0.15, 0.2) is 6.23 Å². The fourth-order valence-electron chi connectivity index (χ4n) is 1.99. The molecule has 9 heteroatoms. The molecule has 0 amide bonds. The predicted molar refractivity (Wildman–Crippen MR) is 77.4 cm³/mol. The SMILES string of the molecule is O=c1[nH]c(=O)n([C@@H]2O[C@H](CO)[C@@H](O)[C@@H]2O)cc1/C=C/[125I]. The molecular formula is C11H13IN2O6. The van der Waals surface area contributed by atoms with Crippen LogP contribution in [0.15, 0.2) is 19.9 Å². The maximum atomic E-state index is 11.8. The Labute approximate surface area is 126 Å². The van der Waals surface area contributed by atoms with E-state index in [2.05, 4.69) is 4.98 Å². The molecule has 8 nitrogen and oxygen atoms in total. The van der Waals surface area contributed by atoms with Gasteiger partial charge in [0.2, 0.25) is 0 Å². The molecular weight excluding hydrogens is 381 g/mol. The Morgan fingerprint density at radius 1 is 1.40 bits per heavy atom. The van der Waals surface area contributed by atoms with Crippen LogP contribution in [0.3, 0.4) is 0 Å². The Morgan fingerprint density at radius 2 is 2.10 bits per heavy atom. The van der Waals surface area contributed by atoms with Crippen LogP contribution in [0, 0.1) is 0 Å². The monoisotopic (exact) mass is 394 g/mol. The summed E-state index contributed by atoms with van der Waals surface area (Å²) in [7, 11) is 0. The average molecular weight is 394 g/mol. The second-order valence-corrected chi connectivity index (χ2v) is 4.99. The van der Waals surface area contributed by atoms with Gasteiger partial charge in [-0.1, -0.05) is 22.6 Å². The van der Waals surface area contributed by atoms with Gasteiger partial charge in [-0.2, -0.15) is 0 Å². The Morgan fingerprint density at radius 3 is 2.65 bits per heavy atom. The molecule has 20 heavy (non-hydrogen) atoms. The zero-order valence-corrected chi connectivity index (χ0v) is 12.3. The number of nitrogens with one attached hydrogen (secondary N) is 1. The number of rotatable bonds is 3. The summed E-state index contributed by atoms with van der Waals surface area (Å²) in [5.74, 6) is 0. The highest BCUT2D eigenvalue weighted by molar-refractivity contribution is 14.1. The van der Waals surface area contributed by atoms with Gasteiger partial charge in [-0.3, -0.25) is 14.3 Å². The summed E-state index contributed by atoms with van der Waals surface area (Å²) in [6, 6.07) is 0. The van der Waals surface area contributed by atoms with E-state index in [-0.39, 0.29) is 5.56 Å². The molecule has 1 aliphatic heterocycles. The molecule has 4 atom stereocenters. The quantitative estimate of drug-likeness (QED) is 0.466. The second-order valence-electron chi connectivity index (χ2n) is 4.27. The Bertz CT molecular complexity index is 624. The third kappa shape index (κ3) is 2.72. The standard InChI is InChI=1S/C11H13IN2O6/c12-2-1-5-3-14(11(19)13-9(5)18)10-8(17)7(16)6(4-15)20-10/h1-3,6-8,10,15-17H,4H2,(H,13,18,19)/b2-1+/t6-,7-,8+,10-/m1/s1/i12-2. The molecule has 2 rings (SSSR count). The summed E-state index contributed by atoms with van der Waals surface area (Å²) in [4.78, 5) is 25.4. The highest BCUT2D eigenvalue weighted by Crippen LogP contribution is 2.27. The number of hydrogen-bond acceptors (Lipinski definition) is 6. The van der Waals surface area contributed by atoms with Gasteiger partial charge < -0.3 is 20.1 Å². The van der Waals surface area contributed by atoms with Crippen LogP contribution in [0.4, 0.5) is 0 Å². The van der Waals surface area contributed by atoms with Crippen LogP contribution in [0.1, 0.15) is 11.8 Å². The lowest BCUT2D eigenvalue weighted by Crippen LogP contribution is -2.38. The predicted octanol–water partition coefficient (Wildman–Crippen LogP) is -1.45. The summed E-state index contributed by atoms with van der Waals surface area (Å²) in [6.07, 6.45) is -2.14. The van der Waals surface area contributed by atoms with Crippen molar-refractivity contribution in [2.45, 2.75) is 24.5 Å². The number of aromatic amines is 1. The third-order valence-electron chi connectivity index (χ3n) is 3.03. The van der Waals surface area contributed by atoms with Gasteiger partial charge in [0, 0.05) is 6.20 Å². The molecule has 1 aromatic heterocycles. The Kier molecular flexibility index (Phi) is 4.75. The summed E-state index contributed by atoms with van der Waals surface area (Å²) < 4.78 is 7.81. The van der Waals surface area contributed by atoms with Crippen LogP contribution >= 0.6 is 22.6 Å². The number of halogens is 1. The second kappa shape index (κ2) is 6.18. The number of ether oxygens (including phenoxy) is 1. The minimum Gasteiger partial charge on any atom is -0.394 e. The molecule has 1 fully saturated rings. The van der Waals surface area contributed by atoms with Crippen molar-refractivity contribution in [3.63, 3.8) is 0 Å². The molecule has 0 saturated carbocycles. The fraction of sp³-hybridized carbons (Fsp3) is 0.455. The Balaban J connectivity index is 2.46.